The van der Waals surface area contributed by atoms with E-state index < -0.39 is 0 Å². The molecule has 0 unspecified atom stereocenters. The summed E-state index contributed by atoms with van der Waals surface area (Å²) in [6.07, 6.45) is 0.915. The Kier molecular flexibility index (Phi) is 3.97. The van der Waals surface area contributed by atoms with Gasteiger partial charge in [0, 0.05) is 29.7 Å². The third kappa shape index (κ3) is 2.53. The summed E-state index contributed by atoms with van der Waals surface area (Å²) in [6.45, 7) is 3.32. The van der Waals surface area contributed by atoms with Gasteiger partial charge in [-0.25, -0.2) is 0 Å². The van der Waals surface area contributed by atoms with E-state index in [4.69, 9.17) is 21.1 Å². The molecule has 5 heteroatoms. The topological polar surface area (TPSA) is 38.8 Å². The van der Waals surface area contributed by atoms with Crippen molar-refractivity contribution in [1.82, 2.24) is 4.90 Å². The number of carbonyl (C=O) groups excluding carboxylic acids is 1. The third-order valence-corrected chi connectivity index (χ3v) is 3.08. The lowest BCUT2D eigenvalue weighted by atomic mass is 10.1. The molecule has 0 spiro atoms. The maximum Gasteiger partial charge on any atom is 0.260 e. The minimum absolute atomic E-state index is 0.00812. The fraction of sp³-hybridized carbons (Fsp3) is 0.462. The van der Waals surface area contributed by atoms with Crippen LogP contribution >= 0.6 is 11.6 Å². The first-order valence-electron chi connectivity index (χ1n) is 5.92. The molecule has 0 aliphatic carbocycles. The van der Waals surface area contributed by atoms with E-state index in [0.29, 0.717) is 23.1 Å². The number of benzene rings is 1. The number of carbonyl (C=O) groups is 1. The fourth-order valence-electron chi connectivity index (χ4n) is 2.05. The van der Waals surface area contributed by atoms with Crippen LogP contribution in [-0.4, -0.2) is 31.1 Å². The molecule has 1 amide bonds. The molecule has 1 aromatic carbocycles. The average Bonchev–Trinajstić information content (AvgIpc) is 2.49. The number of nitrogens with zero attached hydrogens (tertiary/aromatic N) is 1. The van der Waals surface area contributed by atoms with Crippen molar-refractivity contribution in [3.63, 3.8) is 0 Å². The maximum atomic E-state index is 11.9. The highest BCUT2D eigenvalue weighted by atomic mass is 35.5. The lowest BCUT2D eigenvalue weighted by molar-refractivity contribution is -0.133. The zero-order chi connectivity index (χ0) is 13.1. The van der Waals surface area contributed by atoms with Gasteiger partial charge in [0.2, 0.25) is 0 Å². The largest absolute Gasteiger partial charge is 0.493 e. The van der Waals surface area contributed by atoms with Crippen LogP contribution in [0.1, 0.15) is 18.9 Å². The van der Waals surface area contributed by atoms with Crippen LogP contribution in [0.2, 0.25) is 5.02 Å². The van der Waals surface area contributed by atoms with Crippen molar-refractivity contribution in [1.29, 1.82) is 0 Å². The fourth-order valence-corrected chi connectivity index (χ4v) is 2.28. The molecule has 1 aromatic rings. The second-order valence-corrected chi connectivity index (χ2v) is 4.64. The Morgan fingerprint density at radius 2 is 2.28 bits per heavy atom. The van der Waals surface area contributed by atoms with Gasteiger partial charge < -0.3 is 14.4 Å². The molecule has 0 radical (unpaired) electrons. The lowest BCUT2D eigenvalue weighted by Gasteiger charge is -2.19. The number of fused-ring (bicyclic) bond motifs is 1. The molecule has 0 saturated heterocycles. The maximum absolute atomic E-state index is 11.9. The van der Waals surface area contributed by atoms with Crippen LogP contribution < -0.4 is 9.47 Å². The third-order valence-electron chi connectivity index (χ3n) is 2.86. The molecule has 1 aliphatic rings. The predicted octanol–water partition coefficient (Wildman–Crippen LogP) is 2.48. The SMILES string of the molecule is CCCN1Cc2cc(Cl)cc(OC)c2OCC1=O. The van der Waals surface area contributed by atoms with Gasteiger partial charge in [-0.15, -0.1) is 0 Å². The second kappa shape index (κ2) is 5.48. The second-order valence-electron chi connectivity index (χ2n) is 4.20. The van der Waals surface area contributed by atoms with Gasteiger partial charge in [-0.1, -0.05) is 18.5 Å². The van der Waals surface area contributed by atoms with Gasteiger partial charge in [0.1, 0.15) is 0 Å². The standard InChI is InChI=1S/C13H16ClNO3/c1-3-4-15-7-9-5-10(14)6-11(17-2)13(9)18-8-12(15)16/h5-6H,3-4,7-8H2,1-2H3. The van der Waals surface area contributed by atoms with Crippen molar-refractivity contribution in [3.8, 4) is 11.5 Å². The minimum Gasteiger partial charge on any atom is -0.493 e. The van der Waals surface area contributed by atoms with E-state index in [2.05, 4.69) is 0 Å². The minimum atomic E-state index is -0.00812. The molecule has 0 aromatic heterocycles. The molecule has 1 aliphatic heterocycles. The van der Waals surface area contributed by atoms with E-state index in [-0.39, 0.29) is 12.5 Å². The van der Waals surface area contributed by atoms with Crippen molar-refractivity contribution in [2.24, 2.45) is 0 Å². The molecule has 98 valence electrons. The van der Waals surface area contributed by atoms with Crippen LogP contribution in [0.3, 0.4) is 0 Å². The summed E-state index contributed by atoms with van der Waals surface area (Å²) in [4.78, 5) is 13.7. The van der Waals surface area contributed by atoms with Crippen LogP contribution in [0.15, 0.2) is 12.1 Å². The number of rotatable bonds is 3. The average molecular weight is 270 g/mol. The first-order chi connectivity index (χ1) is 8.65. The summed E-state index contributed by atoms with van der Waals surface area (Å²) in [6, 6.07) is 3.51. The first kappa shape index (κ1) is 13.0. The van der Waals surface area contributed by atoms with E-state index in [0.717, 1.165) is 18.5 Å². The molecule has 0 N–H and O–H groups in total. The van der Waals surface area contributed by atoms with E-state index in [1.54, 1.807) is 18.1 Å². The zero-order valence-electron chi connectivity index (χ0n) is 10.5. The number of hydrogen-bond donors (Lipinski definition) is 0. The quantitative estimate of drug-likeness (QED) is 0.846. The smallest absolute Gasteiger partial charge is 0.260 e. The van der Waals surface area contributed by atoms with Crippen molar-refractivity contribution in [3.05, 3.63) is 22.7 Å². The predicted molar refractivity (Wildman–Crippen MR) is 69.2 cm³/mol. The summed E-state index contributed by atoms with van der Waals surface area (Å²) >= 11 is 6.04. The zero-order valence-corrected chi connectivity index (χ0v) is 11.3. The van der Waals surface area contributed by atoms with Gasteiger partial charge in [0.25, 0.3) is 5.91 Å². The highest BCUT2D eigenvalue weighted by Gasteiger charge is 2.23. The summed E-state index contributed by atoms with van der Waals surface area (Å²) < 4.78 is 10.8. The van der Waals surface area contributed by atoms with E-state index in [1.165, 1.54) is 0 Å². The first-order valence-corrected chi connectivity index (χ1v) is 6.30. The van der Waals surface area contributed by atoms with E-state index >= 15 is 0 Å². The summed E-state index contributed by atoms with van der Waals surface area (Å²) in [5.74, 6) is 1.18. The Balaban J connectivity index is 2.38. The van der Waals surface area contributed by atoms with E-state index in [1.807, 2.05) is 13.0 Å². The number of halogens is 1. The van der Waals surface area contributed by atoms with Crippen LogP contribution in [0.5, 0.6) is 11.5 Å². The number of ether oxygens (including phenoxy) is 2. The number of amides is 1. The monoisotopic (exact) mass is 269 g/mol. The van der Waals surface area contributed by atoms with Crippen molar-refractivity contribution >= 4 is 17.5 Å². The molecule has 0 atom stereocenters. The molecule has 4 nitrogen and oxygen atoms in total. The molecule has 0 saturated carbocycles. The van der Waals surface area contributed by atoms with Crippen LogP contribution in [0.4, 0.5) is 0 Å². The Hall–Kier alpha value is -1.42. The summed E-state index contributed by atoms with van der Waals surface area (Å²) in [5, 5.41) is 0.583. The number of hydrogen-bond acceptors (Lipinski definition) is 3. The summed E-state index contributed by atoms with van der Waals surface area (Å²) in [5.41, 5.74) is 0.888. The molecule has 0 fully saturated rings. The van der Waals surface area contributed by atoms with Crippen molar-refractivity contribution < 1.29 is 14.3 Å². The van der Waals surface area contributed by atoms with E-state index in [9.17, 15) is 4.79 Å². The van der Waals surface area contributed by atoms with Gasteiger partial charge in [-0.2, -0.15) is 0 Å². The molecular weight excluding hydrogens is 254 g/mol. The Bertz CT molecular complexity index is 462. The van der Waals surface area contributed by atoms with Gasteiger partial charge >= 0.3 is 0 Å². The normalized spacial score (nSPS) is 14.8. The highest BCUT2D eigenvalue weighted by molar-refractivity contribution is 6.30. The molecule has 18 heavy (non-hydrogen) atoms. The van der Waals surface area contributed by atoms with Gasteiger partial charge in [0.15, 0.2) is 18.1 Å². The highest BCUT2D eigenvalue weighted by Crippen LogP contribution is 2.36. The summed E-state index contributed by atoms with van der Waals surface area (Å²) in [7, 11) is 1.56. The van der Waals surface area contributed by atoms with Crippen molar-refractivity contribution in [2.45, 2.75) is 19.9 Å². The lowest BCUT2D eigenvalue weighted by Crippen LogP contribution is -2.32. The number of methoxy groups -OCH3 is 1. The molecule has 2 rings (SSSR count). The van der Waals surface area contributed by atoms with Crippen LogP contribution in [0.25, 0.3) is 0 Å². The Labute approximate surface area is 111 Å². The molecule has 1 heterocycles. The van der Waals surface area contributed by atoms with Gasteiger partial charge in [0.05, 0.1) is 7.11 Å². The van der Waals surface area contributed by atoms with Gasteiger partial charge in [-0.05, 0) is 12.5 Å². The van der Waals surface area contributed by atoms with Crippen LogP contribution in [0, 0.1) is 0 Å². The molecular formula is C13H16ClNO3. The Morgan fingerprint density at radius 1 is 1.50 bits per heavy atom. The molecule has 0 bridgehead atoms. The Morgan fingerprint density at radius 3 is 2.94 bits per heavy atom. The van der Waals surface area contributed by atoms with Crippen molar-refractivity contribution in [2.75, 3.05) is 20.3 Å². The van der Waals surface area contributed by atoms with Gasteiger partial charge in [-0.3, -0.25) is 4.79 Å². The van der Waals surface area contributed by atoms with Crippen LogP contribution in [-0.2, 0) is 11.3 Å².